The largest absolute Gasteiger partial charge is 0.337 e. The van der Waals surface area contributed by atoms with Crippen molar-refractivity contribution in [2.24, 2.45) is 5.92 Å². The lowest BCUT2D eigenvalue weighted by molar-refractivity contribution is -0.120. The van der Waals surface area contributed by atoms with Gasteiger partial charge in [-0.05, 0) is 54.6 Å². The number of hydrogen-bond donors (Lipinski definition) is 2. The third-order valence-electron chi connectivity index (χ3n) is 5.95. The number of sulfonamides is 1. The average Bonchev–Trinajstić information content (AvgIpc) is 3.54. The first kappa shape index (κ1) is 22.3. The van der Waals surface area contributed by atoms with Crippen molar-refractivity contribution in [2.75, 3.05) is 18.4 Å². The van der Waals surface area contributed by atoms with Gasteiger partial charge < -0.3 is 10.3 Å². The molecule has 172 valence electrons. The van der Waals surface area contributed by atoms with Gasteiger partial charge in [-0.15, -0.1) is 11.3 Å². The quantitative estimate of drug-likeness (QED) is 0.434. The lowest BCUT2D eigenvalue weighted by Gasteiger charge is -2.30. The normalized spacial score (nSPS) is 15.3. The van der Waals surface area contributed by atoms with Crippen molar-refractivity contribution in [3.8, 4) is 16.8 Å². The Balaban J connectivity index is 1.25. The summed E-state index contributed by atoms with van der Waals surface area (Å²) in [7, 11) is -3.78. The van der Waals surface area contributed by atoms with Crippen molar-refractivity contribution < 1.29 is 13.2 Å². The van der Waals surface area contributed by atoms with Gasteiger partial charge in [-0.1, -0.05) is 18.2 Å². The number of imidazole rings is 1. The van der Waals surface area contributed by atoms with Crippen LogP contribution in [0.2, 0.25) is 0 Å². The van der Waals surface area contributed by atoms with Crippen LogP contribution in [0, 0.1) is 17.2 Å². The number of rotatable bonds is 5. The number of nitrogens with zero attached hydrogens (tertiary/aromatic N) is 3. The summed E-state index contributed by atoms with van der Waals surface area (Å²) >= 11 is 1.60. The maximum Gasteiger partial charge on any atom is 0.244 e. The lowest BCUT2D eigenvalue weighted by atomic mass is 9.97. The van der Waals surface area contributed by atoms with Crippen molar-refractivity contribution in [2.45, 2.75) is 17.7 Å². The molecule has 0 saturated carbocycles. The Bertz CT molecular complexity index is 1500. The van der Waals surface area contributed by atoms with Crippen molar-refractivity contribution >= 4 is 44.0 Å². The molecular weight excluding hydrogens is 470 g/mol. The number of fused-ring (bicyclic) bond motifs is 1. The molecule has 0 unspecified atom stereocenters. The molecule has 10 heteroatoms. The Kier molecular flexibility index (Phi) is 5.91. The van der Waals surface area contributed by atoms with Crippen LogP contribution in [0.25, 0.3) is 21.7 Å². The van der Waals surface area contributed by atoms with Crippen LogP contribution in [0.4, 0.5) is 5.69 Å². The van der Waals surface area contributed by atoms with Crippen LogP contribution in [-0.2, 0) is 14.8 Å². The number of piperidine rings is 1. The maximum atomic E-state index is 13.0. The van der Waals surface area contributed by atoms with E-state index in [1.807, 2.05) is 41.8 Å². The fourth-order valence-electron chi connectivity index (χ4n) is 4.14. The van der Waals surface area contributed by atoms with Crippen molar-refractivity contribution in [1.29, 1.82) is 5.26 Å². The van der Waals surface area contributed by atoms with Crippen molar-refractivity contribution in [3.63, 3.8) is 0 Å². The molecule has 5 rings (SSSR count). The Morgan fingerprint density at radius 2 is 1.94 bits per heavy atom. The minimum absolute atomic E-state index is 0.00943. The molecule has 2 aromatic carbocycles. The molecule has 2 aromatic heterocycles. The van der Waals surface area contributed by atoms with E-state index < -0.39 is 10.0 Å². The minimum Gasteiger partial charge on any atom is -0.337 e. The van der Waals surface area contributed by atoms with E-state index in [2.05, 4.69) is 15.3 Å². The van der Waals surface area contributed by atoms with Gasteiger partial charge in [0.1, 0.15) is 11.9 Å². The summed E-state index contributed by atoms with van der Waals surface area (Å²) in [4.78, 5) is 21.8. The van der Waals surface area contributed by atoms with Gasteiger partial charge in [0.2, 0.25) is 15.9 Å². The monoisotopic (exact) mass is 491 g/mol. The van der Waals surface area contributed by atoms with Crippen LogP contribution in [0.5, 0.6) is 0 Å². The van der Waals surface area contributed by atoms with E-state index in [1.54, 1.807) is 23.5 Å². The molecule has 3 heterocycles. The summed E-state index contributed by atoms with van der Waals surface area (Å²) in [6.45, 7) is 0.452. The Morgan fingerprint density at radius 1 is 1.15 bits per heavy atom. The number of benzene rings is 2. The molecule has 0 radical (unpaired) electrons. The van der Waals surface area contributed by atoms with Gasteiger partial charge >= 0.3 is 0 Å². The van der Waals surface area contributed by atoms with Gasteiger partial charge in [0.15, 0.2) is 0 Å². The fourth-order valence-corrected chi connectivity index (χ4v) is 6.42. The Labute approximate surface area is 200 Å². The number of nitriles is 1. The second kappa shape index (κ2) is 9.02. The smallest absolute Gasteiger partial charge is 0.244 e. The number of aromatic nitrogens is 2. The number of carbonyl (C=O) groups is 1. The summed E-state index contributed by atoms with van der Waals surface area (Å²) < 4.78 is 27.4. The second-order valence-corrected chi connectivity index (χ2v) is 10.9. The number of nitrogens with one attached hydrogen (secondary N) is 2. The highest BCUT2D eigenvalue weighted by molar-refractivity contribution is 7.89. The van der Waals surface area contributed by atoms with Crippen LogP contribution in [0.1, 0.15) is 18.4 Å². The molecule has 2 N–H and O–H groups in total. The highest BCUT2D eigenvalue weighted by atomic mass is 32.2. The lowest BCUT2D eigenvalue weighted by Crippen LogP contribution is -2.41. The first-order valence-corrected chi connectivity index (χ1v) is 13.1. The molecule has 34 heavy (non-hydrogen) atoms. The van der Waals surface area contributed by atoms with Crippen molar-refractivity contribution in [3.05, 3.63) is 65.5 Å². The first-order valence-electron chi connectivity index (χ1n) is 10.8. The summed E-state index contributed by atoms with van der Waals surface area (Å²) in [6, 6.07) is 17.6. The SMILES string of the molecule is N#Cc1ccccc1S(=O)(=O)N1CCC(C(=O)Nc2ccc3nc(-c4cccs4)[nH]c3c2)CC1. The summed E-state index contributed by atoms with van der Waals surface area (Å²) in [5.74, 6) is 0.364. The van der Waals surface area contributed by atoms with Crippen LogP contribution in [0.15, 0.2) is 64.9 Å². The van der Waals surface area contributed by atoms with E-state index in [0.717, 1.165) is 21.7 Å². The van der Waals surface area contributed by atoms with E-state index >= 15 is 0 Å². The minimum atomic E-state index is -3.78. The fraction of sp³-hybridized carbons (Fsp3) is 0.208. The Morgan fingerprint density at radius 3 is 2.68 bits per heavy atom. The van der Waals surface area contributed by atoms with Crippen molar-refractivity contribution in [1.82, 2.24) is 14.3 Å². The highest BCUT2D eigenvalue weighted by Gasteiger charge is 2.33. The maximum absolute atomic E-state index is 13.0. The van der Waals surface area contributed by atoms with Gasteiger partial charge in [0, 0.05) is 24.7 Å². The van der Waals surface area contributed by atoms with Crippen LogP contribution >= 0.6 is 11.3 Å². The molecule has 4 aromatic rings. The molecule has 1 fully saturated rings. The van der Waals surface area contributed by atoms with E-state index in [0.29, 0.717) is 18.5 Å². The van der Waals surface area contributed by atoms with E-state index in [9.17, 15) is 18.5 Å². The predicted molar refractivity (Wildman–Crippen MR) is 131 cm³/mol. The third kappa shape index (κ3) is 4.21. The van der Waals surface area contributed by atoms with Gasteiger partial charge in [-0.25, -0.2) is 13.4 Å². The molecule has 8 nitrogen and oxygen atoms in total. The van der Waals surface area contributed by atoms with Crippen LogP contribution in [0.3, 0.4) is 0 Å². The zero-order valence-electron chi connectivity index (χ0n) is 18.1. The van der Waals surface area contributed by atoms with E-state index in [1.165, 1.54) is 16.4 Å². The summed E-state index contributed by atoms with van der Waals surface area (Å²) in [5.41, 5.74) is 2.44. The topological polar surface area (TPSA) is 119 Å². The first-order chi connectivity index (χ1) is 16.5. The molecule has 0 atom stereocenters. The van der Waals surface area contributed by atoms with Gasteiger partial charge in [-0.3, -0.25) is 4.79 Å². The molecule has 0 aliphatic carbocycles. The number of carbonyl (C=O) groups excluding carboxylic acids is 1. The number of anilines is 1. The Hall–Kier alpha value is -3.52. The van der Waals surface area contributed by atoms with Crippen LogP contribution in [-0.4, -0.2) is 41.7 Å². The van der Waals surface area contributed by atoms with Gasteiger partial charge in [-0.2, -0.15) is 9.57 Å². The van der Waals surface area contributed by atoms with Crippen LogP contribution < -0.4 is 5.32 Å². The highest BCUT2D eigenvalue weighted by Crippen LogP contribution is 2.28. The molecule has 0 spiro atoms. The van der Waals surface area contributed by atoms with Gasteiger partial charge in [0.05, 0.1) is 26.4 Å². The zero-order chi connectivity index (χ0) is 23.7. The average molecular weight is 492 g/mol. The van der Waals surface area contributed by atoms with E-state index in [-0.39, 0.29) is 35.4 Å². The molecule has 1 aliphatic rings. The summed E-state index contributed by atoms with van der Waals surface area (Å²) in [6.07, 6.45) is 0.823. The molecule has 0 bridgehead atoms. The standard InChI is InChI=1S/C24H21N5O3S2/c25-15-17-4-1-2-6-22(17)34(31,32)29-11-9-16(10-12-29)24(30)26-18-7-8-19-20(14-18)28-23(27-19)21-5-3-13-33-21/h1-8,13-14,16H,9-12H2,(H,26,30)(H,27,28). The molecule has 1 saturated heterocycles. The number of hydrogen-bond acceptors (Lipinski definition) is 6. The number of amides is 1. The predicted octanol–water partition coefficient (Wildman–Crippen LogP) is 4.20. The van der Waals surface area contributed by atoms with Gasteiger partial charge in [0.25, 0.3) is 0 Å². The number of aromatic amines is 1. The van der Waals surface area contributed by atoms with E-state index in [4.69, 9.17) is 0 Å². The molecule has 1 aliphatic heterocycles. The number of H-pyrrole nitrogens is 1. The molecule has 1 amide bonds. The molecular formula is C24H21N5O3S2. The summed E-state index contributed by atoms with van der Waals surface area (Å²) in [5, 5.41) is 14.2. The second-order valence-electron chi connectivity index (χ2n) is 8.07. The number of thiophene rings is 1. The zero-order valence-corrected chi connectivity index (χ0v) is 19.7. The third-order valence-corrected chi connectivity index (χ3v) is 8.79.